The molecule has 0 spiro atoms. The highest BCUT2D eigenvalue weighted by Crippen LogP contribution is 2.13. The van der Waals surface area contributed by atoms with E-state index < -0.39 is 0 Å². The first-order valence-corrected chi connectivity index (χ1v) is 5.98. The number of hydrogen-bond donors (Lipinski definition) is 2. The summed E-state index contributed by atoms with van der Waals surface area (Å²) in [7, 11) is 0. The predicted octanol–water partition coefficient (Wildman–Crippen LogP) is 1.16. The van der Waals surface area contributed by atoms with E-state index in [1.165, 1.54) is 24.3 Å². The number of nitrogens with zero attached hydrogens (tertiary/aromatic N) is 4. The third-order valence-corrected chi connectivity index (χ3v) is 2.88. The van der Waals surface area contributed by atoms with Crippen molar-refractivity contribution in [2.45, 2.75) is 20.4 Å². The number of aromatic hydroxyl groups is 1. The van der Waals surface area contributed by atoms with Gasteiger partial charge in [-0.3, -0.25) is 4.79 Å². The minimum absolute atomic E-state index is 0.165. The lowest BCUT2D eigenvalue weighted by molar-refractivity contribution is 0.101. The molecule has 2 heterocycles. The van der Waals surface area contributed by atoms with Crippen LogP contribution in [0.3, 0.4) is 0 Å². The SMILES string of the molecule is CC(=O)c1cc(O)nc(NCc2nnc(C)s2)n1. The van der Waals surface area contributed by atoms with Gasteiger partial charge >= 0.3 is 0 Å². The number of aromatic nitrogens is 4. The van der Waals surface area contributed by atoms with E-state index in [4.69, 9.17) is 0 Å². The highest BCUT2D eigenvalue weighted by atomic mass is 32.1. The Morgan fingerprint density at radius 1 is 1.44 bits per heavy atom. The van der Waals surface area contributed by atoms with Gasteiger partial charge in [0.25, 0.3) is 0 Å². The molecule has 0 aliphatic heterocycles. The molecule has 0 radical (unpaired) electrons. The third-order valence-electron chi connectivity index (χ3n) is 2.04. The van der Waals surface area contributed by atoms with Crippen LogP contribution in [0.2, 0.25) is 0 Å². The van der Waals surface area contributed by atoms with Crippen LogP contribution in [0.15, 0.2) is 6.07 Å². The van der Waals surface area contributed by atoms with E-state index in [9.17, 15) is 9.90 Å². The topological polar surface area (TPSA) is 101 Å². The smallest absolute Gasteiger partial charge is 0.227 e. The molecule has 94 valence electrons. The Morgan fingerprint density at radius 2 is 2.22 bits per heavy atom. The van der Waals surface area contributed by atoms with Crippen LogP contribution in [-0.4, -0.2) is 31.1 Å². The summed E-state index contributed by atoms with van der Waals surface area (Å²) < 4.78 is 0. The maximum Gasteiger partial charge on any atom is 0.227 e. The van der Waals surface area contributed by atoms with Crippen molar-refractivity contribution in [2.75, 3.05) is 5.32 Å². The molecule has 0 aliphatic rings. The highest BCUT2D eigenvalue weighted by molar-refractivity contribution is 7.11. The molecule has 2 aromatic rings. The number of Topliss-reactive ketones (excluding diaryl/α,β-unsaturated/α-hetero) is 1. The third kappa shape index (κ3) is 2.98. The summed E-state index contributed by atoms with van der Waals surface area (Å²) in [4.78, 5) is 18.9. The molecule has 0 saturated heterocycles. The van der Waals surface area contributed by atoms with E-state index in [1.54, 1.807) is 0 Å². The van der Waals surface area contributed by atoms with Crippen molar-refractivity contribution in [1.82, 2.24) is 20.2 Å². The lowest BCUT2D eigenvalue weighted by Crippen LogP contribution is -2.06. The standard InChI is InChI=1S/C10H11N5O2S/c1-5(16)7-3-8(17)13-10(12-7)11-4-9-15-14-6(2)18-9/h3H,4H2,1-2H3,(H2,11,12,13,17). The largest absolute Gasteiger partial charge is 0.493 e. The lowest BCUT2D eigenvalue weighted by Gasteiger charge is -2.04. The average Bonchev–Trinajstić information content (AvgIpc) is 2.72. The number of carbonyl (C=O) groups excluding carboxylic acids is 1. The number of nitrogens with one attached hydrogen (secondary N) is 1. The predicted molar refractivity (Wildman–Crippen MR) is 65.7 cm³/mol. The van der Waals surface area contributed by atoms with E-state index in [-0.39, 0.29) is 23.3 Å². The van der Waals surface area contributed by atoms with Crippen molar-refractivity contribution in [3.05, 3.63) is 21.8 Å². The van der Waals surface area contributed by atoms with Gasteiger partial charge in [-0.1, -0.05) is 11.3 Å². The molecule has 0 atom stereocenters. The molecule has 7 nitrogen and oxygen atoms in total. The number of rotatable bonds is 4. The number of hydrogen-bond acceptors (Lipinski definition) is 8. The molecule has 0 saturated carbocycles. The van der Waals surface area contributed by atoms with Crippen LogP contribution in [-0.2, 0) is 6.54 Å². The summed E-state index contributed by atoms with van der Waals surface area (Å²) >= 11 is 1.45. The van der Waals surface area contributed by atoms with E-state index >= 15 is 0 Å². The fraction of sp³-hybridized carbons (Fsp3) is 0.300. The molecule has 0 amide bonds. The van der Waals surface area contributed by atoms with E-state index in [0.29, 0.717) is 6.54 Å². The number of ketones is 1. The maximum absolute atomic E-state index is 11.2. The van der Waals surface area contributed by atoms with Crippen molar-refractivity contribution in [3.63, 3.8) is 0 Å². The van der Waals surface area contributed by atoms with Gasteiger partial charge < -0.3 is 10.4 Å². The Bertz CT molecular complexity index is 583. The van der Waals surface area contributed by atoms with E-state index in [0.717, 1.165) is 10.0 Å². The molecule has 2 N–H and O–H groups in total. The average molecular weight is 265 g/mol. The van der Waals surface area contributed by atoms with Gasteiger partial charge in [0.2, 0.25) is 11.8 Å². The Labute approximate surface area is 107 Å². The van der Waals surface area contributed by atoms with Gasteiger partial charge in [0.15, 0.2) is 5.78 Å². The summed E-state index contributed by atoms with van der Waals surface area (Å²) in [5.74, 6) is -0.290. The minimum atomic E-state index is -0.244. The zero-order valence-electron chi connectivity index (χ0n) is 9.84. The summed E-state index contributed by atoms with van der Waals surface area (Å²) in [5, 5.41) is 21.7. The summed E-state index contributed by atoms with van der Waals surface area (Å²) in [6.45, 7) is 3.63. The van der Waals surface area contributed by atoms with Crippen LogP contribution in [0.5, 0.6) is 5.88 Å². The lowest BCUT2D eigenvalue weighted by atomic mass is 10.3. The summed E-state index contributed by atoms with van der Waals surface area (Å²) in [5.41, 5.74) is 0.165. The number of anilines is 1. The second-order valence-electron chi connectivity index (χ2n) is 3.56. The highest BCUT2D eigenvalue weighted by Gasteiger charge is 2.08. The fourth-order valence-corrected chi connectivity index (χ4v) is 1.91. The summed E-state index contributed by atoms with van der Waals surface area (Å²) in [6.07, 6.45) is 0. The minimum Gasteiger partial charge on any atom is -0.493 e. The van der Waals surface area contributed by atoms with Crippen molar-refractivity contribution >= 4 is 23.1 Å². The molecule has 0 bridgehead atoms. The second-order valence-corrected chi connectivity index (χ2v) is 4.83. The van der Waals surface area contributed by atoms with Crippen LogP contribution in [0, 0.1) is 6.92 Å². The number of carbonyl (C=O) groups is 1. The quantitative estimate of drug-likeness (QED) is 0.800. The zero-order chi connectivity index (χ0) is 13.1. The van der Waals surface area contributed by atoms with Crippen molar-refractivity contribution in [3.8, 4) is 5.88 Å². The normalized spacial score (nSPS) is 10.3. The molecule has 0 fully saturated rings. The molecule has 18 heavy (non-hydrogen) atoms. The molecule has 0 unspecified atom stereocenters. The molecule has 2 aromatic heterocycles. The van der Waals surface area contributed by atoms with Crippen LogP contribution in [0.4, 0.5) is 5.95 Å². The summed E-state index contributed by atoms with van der Waals surface area (Å²) in [6, 6.07) is 1.22. The van der Waals surface area contributed by atoms with Crippen molar-refractivity contribution in [2.24, 2.45) is 0 Å². The van der Waals surface area contributed by atoms with Crippen LogP contribution in [0.1, 0.15) is 27.4 Å². The molecular weight excluding hydrogens is 254 g/mol. The number of aryl methyl sites for hydroxylation is 1. The van der Waals surface area contributed by atoms with Gasteiger partial charge in [0.1, 0.15) is 15.7 Å². The van der Waals surface area contributed by atoms with Crippen molar-refractivity contribution in [1.29, 1.82) is 0 Å². The Morgan fingerprint density at radius 3 is 2.83 bits per heavy atom. The van der Waals surface area contributed by atoms with Gasteiger partial charge in [-0.25, -0.2) is 4.98 Å². The first-order chi connectivity index (χ1) is 8.54. The van der Waals surface area contributed by atoms with E-state index in [1.807, 2.05) is 6.92 Å². The van der Waals surface area contributed by atoms with Gasteiger partial charge in [-0.15, -0.1) is 10.2 Å². The molecular formula is C10H11N5O2S. The first kappa shape index (κ1) is 12.4. The van der Waals surface area contributed by atoms with E-state index in [2.05, 4.69) is 25.5 Å². The van der Waals surface area contributed by atoms with Crippen LogP contribution >= 0.6 is 11.3 Å². The first-order valence-electron chi connectivity index (χ1n) is 5.16. The molecule has 0 aromatic carbocycles. The van der Waals surface area contributed by atoms with Crippen LogP contribution in [0.25, 0.3) is 0 Å². The maximum atomic E-state index is 11.2. The van der Waals surface area contributed by atoms with Gasteiger partial charge in [-0.05, 0) is 6.92 Å². The molecule has 2 rings (SSSR count). The molecule has 0 aliphatic carbocycles. The zero-order valence-corrected chi connectivity index (χ0v) is 10.7. The van der Waals surface area contributed by atoms with Gasteiger partial charge in [-0.2, -0.15) is 4.98 Å². The van der Waals surface area contributed by atoms with Gasteiger partial charge in [0.05, 0.1) is 6.54 Å². The Balaban J connectivity index is 2.11. The second kappa shape index (κ2) is 5.05. The monoisotopic (exact) mass is 265 g/mol. The molecule has 8 heteroatoms. The Hall–Kier alpha value is -2.09. The van der Waals surface area contributed by atoms with Gasteiger partial charge in [0, 0.05) is 13.0 Å². The van der Waals surface area contributed by atoms with Crippen molar-refractivity contribution < 1.29 is 9.90 Å². The fourth-order valence-electron chi connectivity index (χ4n) is 1.26. The van der Waals surface area contributed by atoms with Crippen LogP contribution < -0.4 is 5.32 Å². The Kier molecular flexibility index (Phi) is 3.47.